The minimum absolute atomic E-state index is 0.0929. The van der Waals surface area contributed by atoms with Crippen molar-refractivity contribution in [3.63, 3.8) is 0 Å². The zero-order chi connectivity index (χ0) is 6.41. The van der Waals surface area contributed by atoms with E-state index in [0.717, 1.165) is 0 Å². The van der Waals surface area contributed by atoms with E-state index in [4.69, 9.17) is 0 Å². The molecule has 0 rings (SSSR count). The summed E-state index contributed by atoms with van der Waals surface area (Å²) in [5, 5.41) is 0. The Bertz CT molecular complexity index is 98.0. The van der Waals surface area contributed by atoms with Crippen LogP contribution >= 0.6 is 0 Å². The molecule has 0 heterocycles. The van der Waals surface area contributed by atoms with Crippen LogP contribution in [0.15, 0.2) is 0 Å². The first-order valence-electron chi connectivity index (χ1n) is 2.10. The van der Waals surface area contributed by atoms with E-state index in [9.17, 15) is 13.2 Å². The molecule has 0 aliphatic heterocycles. The van der Waals surface area contributed by atoms with Crippen molar-refractivity contribution >= 4 is 0 Å². The molecule has 0 spiro atoms. The highest BCUT2D eigenvalue weighted by molar-refractivity contribution is 5.00. The van der Waals surface area contributed by atoms with Gasteiger partial charge >= 0.3 is 0 Å². The topological polar surface area (TPSA) is 0 Å². The third-order valence-corrected chi connectivity index (χ3v) is 0.431. The molecule has 0 aromatic heterocycles. The van der Waals surface area contributed by atoms with Gasteiger partial charge in [0.15, 0.2) is 0 Å². The van der Waals surface area contributed by atoms with E-state index >= 15 is 0 Å². The summed E-state index contributed by atoms with van der Waals surface area (Å²) in [6.07, 6.45) is -2.72. The van der Waals surface area contributed by atoms with Gasteiger partial charge in [0.05, 0.1) is 0 Å². The van der Waals surface area contributed by atoms with E-state index < -0.39 is 13.1 Å². The molecule has 0 unspecified atom stereocenters. The molecule has 8 heavy (non-hydrogen) atoms. The lowest BCUT2D eigenvalue weighted by Crippen LogP contribution is -1.80. The van der Waals surface area contributed by atoms with Crippen LogP contribution < -0.4 is 0 Å². The minimum atomic E-state index is -2.62. The van der Waals surface area contributed by atoms with Gasteiger partial charge in [-0.1, -0.05) is 5.92 Å². The molecule has 0 aliphatic rings. The van der Waals surface area contributed by atoms with E-state index in [1.54, 1.807) is 0 Å². The van der Waals surface area contributed by atoms with E-state index in [0.29, 0.717) is 0 Å². The van der Waals surface area contributed by atoms with Crippen LogP contribution in [0.5, 0.6) is 0 Å². The Labute approximate surface area is 45.7 Å². The van der Waals surface area contributed by atoms with Gasteiger partial charge in [0.1, 0.15) is 6.67 Å². The number of rotatable bonds is 1. The Kier molecular flexibility index (Phi) is 4.14. The van der Waals surface area contributed by atoms with Gasteiger partial charge in [-0.2, -0.15) is 8.78 Å². The average molecular weight is 122 g/mol. The monoisotopic (exact) mass is 122 g/mol. The smallest absolute Gasteiger partial charge is 0.250 e. The van der Waals surface area contributed by atoms with Gasteiger partial charge in [-0.25, -0.2) is 0 Å². The van der Waals surface area contributed by atoms with Crippen molar-refractivity contribution in [1.82, 2.24) is 0 Å². The van der Waals surface area contributed by atoms with Crippen LogP contribution in [-0.4, -0.2) is 13.1 Å². The van der Waals surface area contributed by atoms with Gasteiger partial charge < -0.3 is 0 Å². The minimum Gasteiger partial charge on any atom is -0.250 e. The van der Waals surface area contributed by atoms with Gasteiger partial charge in [-0.3, -0.25) is 4.39 Å². The summed E-state index contributed by atoms with van der Waals surface area (Å²) in [5.41, 5.74) is 0. The lowest BCUT2D eigenvalue weighted by atomic mass is 10.4. The number of halogens is 3. The zero-order valence-electron chi connectivity index (χ0n) is 4.13. The highest BCUT2D eigenvalue weighted by Gasteiger charge is 1.89. The zero-order valence-corrected chi connectivity index (χ0v) is 4.13. The highest BCUT2D eigenvalue weighted by Crippen LogP contribution is 1.87. The van der Waals surface area contributed by atoms with Crippen molar-refractivity contribution < 1.29 is 13.2 Å². The lowest BCUT2D eigenvalue weighted by Gasteiger charge is -1.77. The molecule has 0 nitrogen and oxygen atoms in total. The summed E-state index contributed by atoms with van der Waals surface area (Å²) in [7, 11) is 0. The fraction of sp³-hybridized carbons (Fsp3) is 0.600. The summed E-state index contributed by atoms with van der Waals surface area (Å²) >= 11 is 0. The van der Waals surface area contributed by atoms with E-state index in [-0.39, 0.29) is 6.42 Å². The van der Waals surface area contributed by atoms with Crippen molar-refractivity contribution in [3.8, 4) is 11.8 Å². The molecule has 46 valence electrons. The van der Waals surface area contributed by atoms with E-state index in [1.807, 2.05) is 5.92 Å². The summed E-state index contributed by atoms with van der Waals surface area (Å²) in [5.74, 6) is 3.48. The van der Waals surface area contributed by atoms with Crippen LogP contribution in [0.25, 0.3) is 0 Å². The molecule has 0 saturated heterocycles. The quantitative estimate of drug-likeness (QED) is 0.463. The second kappa shape index (κ2) is 4.51. The Morgan fingerprint density at radius 2 is 2.00 bits per heavy atom. The lowest BCUT2D eigenvalue weighted by molar-refractivity contribution is 0.215. The van der Waals surface area contributed by atoms with Crippen LogP contribution in [0.1, 0.15) is 6.42 Å². The molecule has 0 saturated carbocycles. The maximum Gasteiger partial charge on any atom is 0.298 e. The Morgan fingerprint density at radius 1 is 1.38 bits per heavy atom. The van der Waals surface area contributed by atoms with E-state index in [2.05, 4.69) is 0 Å². The molecule has 3 heteroatoms. The Hall–Kier alpha value is -0.650. The predicted octanol–water partition coefficient (Wildman–Crippen LogP) is 1.61. The van der Waals surface area contributed by atoms with Gasteiger partial charge in [0, 0.05) is 6.42 Å². The fourth-order valence-corrected chi connectivity index (χ4v) is 0.197. The average Bonchev–Trinajstić information content (AvgIpc) is 1.66. The van der Waals surface area contributed by atoms with Crippen molar-refractivity contribution in [3.05, 3.63) is 0 Å². The molecule has 0 bridgehead atoms. The molecule has 0 amide bonds. The fourth-order valence-electron chi connectivity index (χ4n) is 0.197. The van der Waals surface area contributed by atoms with Crippen molar-refractivity contribution in [1.29, 1.82) is 0 Å². The summed E-state index contributed by atoms with van der Waals surface area (Å²) < 4.78 is 33.2. The Morgan fingerprint density at radius 3 is 2.38 bits per heavy atom. The number of hydrogen-bond donors (Lipinski definition) is 0. The van der Waals surface area contributed by atoms with Crippen molar-refractivity contribution in [2.45, 2.75) is 12.8 Å². The summed E-state index contributed by atoms with van der Waals surface area (Å²) in [6, 6.07) is 0. The van der Waals surface area contributed by atoms with Crippen LogP contribution in [0, 0.1) is 11.8 Å². The predicted molar refractivity (Wildman–Crippen MR) is 24.4 cm³/mol. The van der Waals surface area contributed by atoms with Crippen LogP contribution in [0.2, 0.25) is 0 Å². The largest absolute Gasteiger partial charge is 0.298 e. The van der Waals surface area contributed by atoms with Crippen LogP contribution in [0.4, 0.5) is 13.2 Å². The summed E-state index contributed by atoms with van der Waals surface area (Å²) in [6.45, 7) is -0.653. The molecule has 0 radical (unpaired) electrons. The molecule has 0 fully saturated rings. The normalized spacial score (nSPS) is 8.50. The standard InChI is InChI=1S/C5H5F3/c6-4-2-1-3-5(7)8/h5H,2,4H2. The second-order valence-corrected chi connectivity index (χ2v) is 1.06. The number of alkyl halides is 3. The van der Waals surface area contributed by atoms with Crippen molar-refractivity contribution in [2.75, 3.05) is 6.67 Å². The van der Waals surface area contributed by atoms with Gasteiger partial charge in [0.2, 0.25) is 0 Å². The Balaban J connectivity index is 3.20. The van der Waals surface area contributed by atoms with Gasteiger partial charge in [0.25, 0.3) is 6.43 Å². The SMILES string of the molecule is FCCC#CC(F)F. The van der Waals surface area contributed by atoms with Crippen molar-refractivity contribution in [2.24, 2.45) is 0 Å². The first-order valence-corrected chi connectivity index (χ1v) is 2.10. The molecule has 0 aliphatic carbocycles. The third-order valence-electron chi connectivity index (χ3n) is 0.431. The molecule has 0 N–H and O–H groups in total. The first-order chi connectivity index (χ1) is 3.77. The van der Waals surface area contributed by atoms with E-state index in [1.165, 1.54) is 5.92 Å². The first kappa shape index (κ1) is 7.35. The third kappa shape index (κ3) is 5.35. The number of hydrogen-bond acceptors (Lipinski definition) is 0. The molecular formula is C5H5F3. The second-order valence-electron chi connectivity index (χ2n) is 1.06. The molecular weight excluding hydrogens is 117 g/mol. The maximum absolute atomic E-state index is 11.1. The van der Waals surface area contributed by atoms with Crippen LogP contribution in [-0.2, 0) is 0 Å². The molecule has 0 atom stereocenters. The summed E-state index contributed by atoms with van der Waals surface area (Å²) in [4.78, 5) is 0. The maximum atomic E-state index is 11.1. The van der Waals surface area contributed by atoms with Crippen LogP contribution in [0.3, 0.4) is 0 Å². The van der Waals surface area contributed by atoms with Gasteiger partial charge in [-0.05, 0) is 5.92 Å². The molecule has 0 aromatic carbocycles. The molecule has 0 aromatic rings. The van der Waals surface area contributed by atoms with Gasteiger partial charge in [-0.15, -0.1) is 0 Å². The highest BCUT2D eigenvalue weighted by atomic mass is 19.3.